The van der Waals surface area contributed by atoms with Crippen molar-refractivity contribution in [2.24, 2.45) is 0 Å². The highest BCUT2D eigenvalue weighted by atomic mass is 16.4. The average Bonchev–Trinajstić information content (AvgIpc) is 2.72. The molecular formula is C12H21N3O4. The second-order valence-corrected chi connectivity index (χ2v) is 5.64. The smallest absolute Gasteiger partial charge is 0.326 e. The number of nitrogens with one attached hydrogen (secondary N) is 2. The number of carbonyl (C=O) groups is 3. The zero-order chi connectivity index (χ0) is 14.6. The van der Waals surface area contributed by atoms with Crippen LogP contribution in [0.25, 0.3) is 0 Å². The van der Waals surface area contributed by atoms with Crippen molar-refractivity contribution in [3.63, 3.8) is 0 Å². The van der Waals surface area contributed by atoms with E-state index in [1.165, 1.54) is 4.90 Å². The topological polar surface area (TPSA) is 98.7 Å². The molecular weight excluding hydrogens is 250 g/mol. The van der Waals surface area contributed by atoms with Crippen molar-refractivity contribution in [3.8, 4) is 0 Å². The third-order valence-electron chi connectivity index (χ3n) is 2.75. The van der Waals surface area contributed by atoms with E-state index >= 15 is 0 Å². The summed E-state index contributed by atoms with van der Waals surface area (Å²) in [6, 6.07) is -1.20. The molecule has 1 aliphatic heterocycles. The lowest BCUT2D eigenvalue weighted by atomic mass is 10.1. The maximum absolute atomic E-state index is 11.9. The number of carbonyl (C=O) groups excluding carboxylic acids is 2. The van der Waals surface area contributed by atoms with E-state index in [1.807, 2.05) is 20.8 Å². The molecule has 0 spiro atoms. The molecule has 0 aromatic rings. The Morgan fingerprint density at radius 1 is 1.32 bits per heavy atom. The number of urea groups is 1. The number of carboxylic acid groups (broad SMARTS) is 1. The summed E-state index contributed by atoms with van der Waals surface area (Å²) in [6.45, 7) is 5.73. The van der Waals surface area contributed by atoms with Crippen LogP contribution in [0.2, 0.25) is 0 Å². The predicted molar refractivity (Wildman–Crippen MR) is 68.7 cm³/mol. The molecule has 1 atom stereocenters. The van der Waals surface area contributed by atoms with Crippen LogP contribution in [0, 0.1) is 0 Å². The van der Waals surface area contributed by atoms with Crippen LogP contribution in [-0.2, 0) is 9.59 Å². The zero-order valence-electron chi connectivity index (χ0n) is 11.5. The van der Waals surface area contributed by atoms with Crippen molar-refractivity contribution in [1.82, 2.24) is 15.5 Å². The van der Waals surface area contributed by atoms with Gasteiger partial charge in [0, 0.05) is 12.1 Å². The molecule has 0 aromatic heterocycles. The molecule has 3 N–H and O–H groups in total. The van der Waals surface area contributed by atoms with E-state index in [1.54, 1.807) is 0 Å². The summed E-state index contributed by atoms with van der Waals surface area (Å²) >= 11 is 0. The van der Waals surface area contributed by atoms with E-state index in [9.17, 15) is 14.4 Å². The van der Waals surface area contributed by atoms with Crippen LogP contribution in [0.4, 0.5) is 4.79 Å². The molecule has 108 valence electrons. The first-order valence-electron chi connectivity index (χ1n) is 6.29. The fraction of sp³-hybridized carbons (Fsp3) is 0.750. The van der Waals surface area contributed by atoms with Gasteiger partial charge in [0.05, 0.1) is 6.54 Å². The SMILES string of the molecule is CC(C)(C)NC(=O)NCC(=O)N1CCCC1C(=O)O. The number of carboxylic acids is 1. The van der Waals surface area contributed by atoms with Gasteiger partial charge in [0.25, 0.3) is 0 Å². The molecule has 1 aliphatic rings. The first kappa shape index (κ1) is 15.3. The third kappa shape index (κ3) is 4.76. The van der Waals surface area contributed by atoms with Crippen LogP contribution < -0.4 is 10.6 Å². The van der Waals surface area contributed by atoms with Gasteiger partial charge in [0.1, 0.15) is 6.04 Å². The van der Waals surface area contributed by atoms with Crippen LogP contribution >= 0.6 is 0 Å². The minimum atomic E-state index is -0.995. The lowest BCUT2D eigenvalue weighted by Gasteiger charge is -2.23. The summed E-state index contributed by atoms with van der Waals surface area (Å²) in [5.41, 5.74) is -0.385. The van der Waals surface area contributed by atoms with Gasteiger partial charge in [-0.15, -0.1) is 0 Å². The van der Waals surface area contributed by atoms with Crippen LogP contribution in [0.1, 0.15) is 33.6 Å². The quantitative estimate of drug-likeness (QED) is 0.681. The first-order valence-corrected chi connectivity index (χ1v) is 6.29. The summed E-state index contributed by atoms with van der Waals surface area (Å²) in [6.07, 6.45) is 1.14. The van der Waals surface area contributed by atoms with Gasteiger partial charge in [0.2, 0.25) is 5.91 Å². The highest BCUT2D eigenvalue weighted by molar-refractivity contribution is 5.88. The number of aliphatic carboxylic acids is 1. The van der Waals surface area contributed by atoms with E-state index in [0.717, 1.165) is 0 Å². The van der Waals surface area contributed by atoms with Crippen molar-refractivity contribution in [2.75, 3.05) is 13.1 Å². The lowest BCUT2D eigenvalue weighted by molar-refractivity contribution is -0.147. The van der Waals surface area contributed by atoms with Crippen molar-refractivity contribution < 1.29 is 19.5 Å². The molecule has 7 nitrogen and oxygen atoms in total. The van der Waals surface area contributed by atoms with E-state index in [-0.39, 0.29) is 18.0 Å². The Morgan fingerprint density at radius 2 is 1.95 bits per heavy atom. The molecule has 1 rings (SSSR count). The zero-order valence-corrected chi connectivity index (χ0v) is 11.5. The molecule has 1 unspecified atom stereocenters. The molecule has 0 radical (unpaired) electrons. The molecule has 19 heavy (non-hydrogen) atoms. The van der Waals surface area contributed by atoms with E-state index in [4.69, 9.17) is 5.11 Å². The molecule has 0 bridgehead atoms. The summed E-state index contributed by atoms with van der Waals surface area (Å²) in [5, 5.41) is 14.1. The minimum absolute atomic E-state index is 0.189. The molecule has 1 fully saturated rings. The number of hydrogen-bond acceptors (Lipinski definition) is 3. The van der Waals surface area contributed by atoms with Gasteiger partial charge in [-0.3, -0.25) is 4.79 Å². The summed E-state index contributed by atoms with van der Waals surface area (Å²) in [5.74, 6) is -1.36. The standard InChI is InChI=1S/C12H21N3O4/c1-12(2,3)14-11(19)13-7-9(16)15-6-4-5-8(15)10(17)18/h8H,4-7H2,1-3H3,(H,17,18)(H2,13,14,19). The van der Waals surface area contributed by atoms with Crippen molar-refractivity contribution in [3.05, 3.63) is 0 Å². The number of amides is 3. The number of rotatable bonds is 3. The Balaban J connectivity index is 2.43. The van der Waals surface area contributed by atoms with Gasteiger partial charge in [-0.25, -0.2) is 9.59 Å². The maximum Gasteiger partial charge on any atom is 0.326 e. The van der Waals surface area contributed by atoms with E-state index < -0.39 is 18.0 Å². The van der Waals surface area contributed by atoms with Crippen molar-refractivity contribution in [2.45, 2.75) is 45.2 Å². The maximum atomic E-state index is 11.9. The third-order valence-corrected chi connectivity index (χ3v) is 2.75. The molecule has 0 aromatic carbocycles. The Kier molecular flexibility index (Phi) is 4.74. The van der Waals surface area contributed by atoms with Crippen LogP contribution in [0.3, 0.4) is 0 Å². The van der Waals surface area contributed by atoms with Gasteiger partial charge in [-0.1, -0.05) is 0 Å². The van der Waals surface area contributed by atoms with Gasteiger partial charge in [-0.05, 0) is 33.6 Å². The fourth-order valence-electron chi connectivity index (χ4n) is 1.96. The van der Waals surface area contributed by atoms with Crippen LogP contribution in [0.15, 0.2) is 0 Å². The lowest BCUT2D eigenvalue weighted by Crippen LogP contribution is -2.50. The molecule has 1 heterocycles. The highest BCUT2D eigenvalue weighted by Gasteiger charge is 2.33. The summed E-state index contributed by atoms with van der Waals surface area (Å²) in [7, 11) is 0. The average molecular weight is 271 g/mol. The Labute approximate surface area is 112 Å². The first-order chi connectivity index (χ1) is 8.70. The predicted octanol–water partition coefficient (Wildman–Crippen LogP) is 0.160. The normalized spacial score (nSPS) is 19.1. The number of likely N-dealkylation sites (tertiary alicyclic amines) is 1. The van der Waals surface area contributed by atoms with Gasteiger partial charge in [-0.2, -0.15) is 0 Å². The number of nitrogens with zero attached hydrogens (tertiary/aromatic N) is 1. The molecule has 0 saturated carbocycles. The fourth-order valence-corrected chi connectivity index (χ4v) is 1.96. The van der Waals surface area contributed by atoms with Crippen LogP contribution in [-0.4, -0.2) is 52.6 Å². The van der Waals surface area contributed by atoms with Gasteiger partial charge in [0.15, 0.2) is 0 Å². The second kappa shape index (κ2) is 5.90. The van der Waals surface area contributed by atoms with Crippen molar-refractivity contribution >= 4 is 17.9 Å². The minimum Gasteiger partial charge on any atom is -0.480 e. The number of hydrogen-bond donors (Lipinski definition) is 3. The Hall–Kier alpha value is -1.79. The van der Waals surface area contributed by atoms with Gasteiger partial charge < -0.3 is 20.6 Å². The Morgan fingerprint density at radius 3 is 2.47 bits per heavy atom. The largest absolute Gasteiger partial charge is 0.480 e. The second-order valence-electron chi connectivity index (χ2n) is 5.64. The monoisotopic (exact) mass is 271 g/mol. The van der Waals surface area contributed by atoms with E-state index in [2.05, 4.69) is 10.6 Å². The molecule has 0 aliphatic carbocycles. The molecule has 3 amide bonds. The summed E-state index contributed by atoms with van der Waals surface area (Å²) in [4.78, 5) is 35.6. The molecule has 7 heteroatoms. The van der Waals surface area contributed by atoms with Crippen molar-refractivity contribution in [1.29, 1.82) is 0 Å². The summed E-state index contributed by atoms with van der Waals surface area (Å²) < 4.78 is 0. The Bertz CT molecular complexity index is 376. The van der Waals surface area contributed by atoms with E-state index in [0.29, 0.717) is 19.4 Å². The van der Waals surface area contributed by atoms with Gasteiger partial charge >= 0.3 is 12.0 Å². The molecule has 1 saturated heterocycles. The highest BCUT2D eigenvalue weighted by Crippen LogP contribution is 2.17. The van der Waals surface area contributed by atoms with Crippen LogP contribution in [0.5, 0.6) is 0 Å².